The topological polar surface area (TPSA) is 52.6 Å². The zero-order valence-corrected chi connectivity index (χ0v) is 19.3. The van der Waals surface area contributed by atoms with Gasteiger partial charge in [-0.3, -0.25) is 9.59 Å². The number of hydrogen-bond donors (Lipinski definition) is 0. The van der Waals surface area contributed by atoms with Crippen molar-refractivity contribution in [2.45, 2.75) is 0 Å². The van der Waals surface area contributed by atoms with Crippen molar-refractivity contribution in [1.29, 1.82) is 0 Å². The van der Waals surface area contributed by atoms with Crippen LogP contribution in [0.15, 0.2) is 133 Å². The van der Waals surface area contributed by atoms with Crippen LogP contribution >= 0.6 is 0 Å². The molecule has 4 nitrogen and oxygen atoms in total. The Kier molecular flexibility index (Phi) is 6.68. The molecule has 0 N–H and O–H groups in total. The highest BCUT2D eigenvalue weighted by molar-refractivity contribution is 6.19. The third-order valence-electron chi connectivity index (χ3n) is 5.61. The molecule has 0 radical (unpaired) electrons. The zero-order valence-electron chi connectivity index (χ0n) is 19.3. The van der Waals surface area contributed by atoms with Crippen LogP contribution in [-0.2, 0) is 0 Å². The molecular weight excluding hydrogens is 448 g/mol. The number of ketones is 2. The Morgan fingerprint density at radius 1 is 0.361 bits per heavy atom. The molecule has 5 rings (SSSR count). The van der Waals surface area contributed by atoms with Gasteiger partial charge >= 0.3 is 0 Å². The molecule has 0 saturated carbocycles. The highest BCUT2D eigenvalue weighted by Gasteiger charge is 2.19. The predicted octanol–water partition coefficient (Wildman–Crippen LogP) is 7.73. The fourth-order valence-corrected chi connectivity index (χ4v) is 3.79. The second kappa shape index (κ2) is 10.5. The van der Waals surface area contributed by atoms with Gasteiger partial charge in [0.2, 0.25) is 0 Å². The maximum absolute atomic E-state index is 13.3. The average molecular weight is 471 g/mol. The Balaban J connectivity index is 1.34. The molecule has 0 fully saturated rings. The highest BCUT2D eigenvalue weighted by atomic mass is 16.5. The van der Waals surface area contributed by atoms with Gasteiger partial charge in [-0.15, -0.1) is 0 Å². The summed E-state index contributed by atoms with van der Waals surface area (Å²) in [6.07, 6.45) is 0. The molecule has 0 bridgehead atoms. The fourth-order valence-electron chi connectivity index (χ4n) is 3.79. The Labute approximate surface area is 209 Å². The maximum atomic E-state index is 13.3. The predicted molar refractivity (Wildman–Crippen MR) is 139 cm³/mol. The molecule has 0 saturated heterocycles. The number of hydrogen-bond acceptors (Lipinski definition) is 4. The summed E-state index contributed by atoms with van der Waals surface area (Å²) in [6, 6.07) is 39.5. The molecule has 0 spiro atoms. The Morgan fingerprint density at radius 2 is 0.667 bits per heavy atom. The first-order valence-electron chi connectivity index (χ1n) is 11.5. The van der Waals surface area contributed by atoms with Crippen LogP contribution in [0.1, 0.15) is 31.8 Å². The van der Waals surface area contributed by atoms with Crippen molar-refractivity contribution in [3.63, 3.8) is 0 Å². The van der Waals surface area contributed by atoms with Crippen molar-refractivity contribution in [3.8, 4) is 23.0 Å². The minimum Gasteiger partial charge on any atom is -0.457 e. The summed E-state index contributed by atoms with van der Waals surface area (Å²) >= 11 is 0. The molecule has 36 heavy (non-hydrogen) atoms. The van der Waals surface area contributed by atoms with Gasteiger partial charge in [0, 0.05) is 22.3 Å². The summed E-state index contributed by atoms with van der Waals surface area (Å²) in [5.74, 6) is 2.23. The van der Waals surface area contributed by atoms with Crippen LogP contribution < -0.4 is 9.47 Å². The minimum absolute atomic E-state index is 0.228. The van der Waals surface area contributed by atoms with Crippen LogP contribution in [0.3, 0.4) is 0 Å². The molecule has 0 amide bonds. The van der Waals surface area contributed by atoms with E-state index in [4.69, 9.17) is 9.47 Å². The number of ether oxygens (including phenoxy) is 2. The molecule has 0 aliphatic rings. The van der Waals surface area contributed by atoms with Crippen LogP contribution in [0, 0.1) is 0 Å². The van der Waals surface area contributed by atoms with Gasteiger partial charge in [-0.1, -0.05) is 60.7 Å². The van der Waals surface area contributed by atoms with Crippen LogP contribution in [0.25, 0.3) is 0 Å². The smallest absolute Gasteiger partial charge is 0.193 e. The number of carbonyl (C=O) groups excluding carboxylic acids is 2. The largest absolute Gasteiger partial charge is 0.457 e. The normalized spacial score (nSPS) is 10.4. The Hall–Kier alpha value is -4.96. The summed E-state index contributed by atoms with van der Waals surface area (Å²) < 4.78 is 11.6. The zero-order chi connectivity index (χ0) is 24.7. The standard InChI is InChI=1S/C32H22O4/c33-31(23-15-19-27(20-16-23)35-25-9-3-1-4-10-25)29-13-7-8-14-30(29)32(34)24-17-21-28(22-18-24)36-26-11-5-2-6-12-26/h1-22H. The van der Waals surface area contributed by atoms with E-state index in [1.807, 2.05) is 60.7 Å². The Morgan fingerprint density at radius 3 is 1.03 bits per heavy atom. The van der Waals surface area contributed by atoms with E-state index >= 15 is 0 Å². The van der Waals surface area contributed by atoms with E-state index in [1.165, 1.54) is 0 Å². The van der Waals surface area contributed by atoms with Crippen LogP contribution in [0.5, 0.6) is 23.0 Å². The lowest BCUT2D eigenvalue weighted by atomic mass is 9.93. The average Bonchev–Trinajstić information content (AvgIpc) is 2.94. The van der Waals surface area contributed by atoms with Gasteiger partial charge in [0.15, 0.2) is 11.6 Å². The first-order chi connectivity index (χ1) is 17.7. The second-order valence-electron chi connectivity index (χ2n) is 8.08. The Bertz CT molecular complexity index is 1360. The molecule has 0 aliphatic heterocycles. The highest BCUT2D eigenvalue weighted by Crippen LogP contribution is 2.25. The molecule has 0 aliphatic carbocycles. The molecular formula is C32H22O4. The quantitative estimate of drug-likeness (QED) is 0.218. The summed E-state index contributed by atoms with van der Waals surface area (Å²) in [4.78, 5) is 26.6. The van der Waals surface area contributed by atoms with Gasteiger partial charge in [0.25, 0.3) is 0 Å². The van der Waals surface area contributed by atoms with Crippen molar-refractivity contribution < 1.29 is 19.1 Å². The van der Waals surface area contributed by atoms with E-state index in [9.17, 15) is 9.59 Å². The van der Waals surface area contributed by atoms with E-state index in [0.29, 0.717) is 45.3 Å². The van der Waals surface area contributed by atoms with E-state index in [2.05, 4.69) is 0 Å². The fraction of sp³-hybridized carbons (Fsp3) is 0. The van der Waals surface area contributed by atoms with E-state index in [1.54, 1.807) is 72.8 Å². The van der Waals surface area contributed by atoms with Crippen molar-refractivity contribution in [2.75, 3.05) is 0 Å². The van der Waals surface area contributed by atoms with Gasteiger partial charge < -0.3 is 9.47 Å². The molecule has 5 aromatic rings. The van der Waals surface area contributed by atoms with E-state index in [-0.39, 0.29) is 11.6 Å². The first-order valence-corrected chi connectivity index (χ1v) is 11.5. The van der Waals surface area contributed by atoms with Crippen molar-refractivity contribution >= 4 is 11.6 Å². The van der Waals surface area contributed by atoms with Gasteiger partial charge in [-0.25, -0.2) is 0 Å². The first kappa shape index (κ1) is 22.8. The lowest BCUT2D eigenvalue weighted by Crippen LogP contribution is -2.11. The maximum Gasteiger partial charge on any atom is 0.193 e. The van der Waals surface area contributed by atoms with Gasteiger partial charge in [-0.05, 0) is 72.8 Å². The SMILES string of the molecule is O=C(c1ccc(Oc2ccccc2)cc1)c1ccccc1C(=O)c1ccc(Oc2ccccc2)cc1. The van der Waals surface area contributed by atoms with Crippen LogP contribution in [0.4, 0.5) is 0 Å². The lowest BCUT2D eigenvalue weighted by molar-refractivity contribution is 0.100. The number of benzene rings is 5. The molecule has 0 heterocycles. The van der Waals surface area contributed by atoms with Gasteiger partial charge in [-0.2, -0.15) is 0 Å². The summed E-state index contributed by atoms with van der Waals surface area (Å²) in [5.41, 5.74) is 1.65. The third kappa shape index (κ3) is 5.24. The number of carbonyl (C=O) groups is 2. The summed E-state index contributed by atoms with van der Waals surface area (Å²) in [5, 5.41) is 0. The summed E-state index contributed by atoms with van der Waals surface area (Å²) in [7, 11) is 0. The second-order valence-corrected chi connectivity index (χ2v) is 8.08. The molecule has 5 aromatic carbocycles. The molecule has 0 atom stereocenters. The van der Waals surface area contributed by atoms with Crippen molar-refractivity contribution in [2.24, 2.45) is 0 Å². The van der Waals surface area contributed by atoms with Crippen LogP contribution in [-0.4, -0.2) is 11.6 Å². The third-order valence-corrected chi connectivity index (χ3v) is 5.61. The van der Waals surface area contributed by atoms with Gasteiger partial charge in [0.1, 0.15) is 23.0 Å². The molecule has 0 unspecified atom stereocenters. The molecule has 4 heteroatoms. The van der Waals surface area contributed by atoms with Crippen LogP contribution in [0.2, 0.25) is 0 Å². The molecule has 174 valence electrons. The molecule has 0 aromatic heterocycles. The summed E-state index contributed by atoms with van der Waals surface area (Å²) in [6.45, 7) is 0. The van der Waals surface area contributed by atoms with Gasteiger partial charge in [0.05, 0.1) is 0 Å². The van der Waals surface area contributed by atoms with Crippen molar-refractivity contribution in [1.82, 2.24) is 0 Å². The number of para-hydroxylation sites is 2. The lowest BCUT2D eigenvalue weighted by Gasteiger charge is -2.10. The van der Waals surface area contributed by atoms with E-state index < -0.39 is 0 Å². The van der Waals surface area contributed by atoms with E-state index in [0.717, 1.165) is 0 Å². The van der Waals surface area contributed by atoms with Crippen molar-refractivity contribution in [3.05, 3.63) is 156 Å². The number of rotatable bonds is 8. The minimum atomic E-state index is -0.228. The monoisotopic (exact) mass is 470 g/mol.